The fraction of sp³-hybridized carbons (Fsp3) is 0.379. The largest absolute Gasteiger partial charge is 0.510 e. The summed E-state index contributed by atoms with van der Waals surface area (Å²) in [6.45, 7) is 1.73. The van der Waals surface area contributed by atoms with Gasteiger partial charge in [0.05, 0.1) is 11.6 Å². The van der Waals surface area contributed by atoms with Crippen molar-refractivity contribution in [2.24, 2.45) is 17.6 Å². The number of likely N-dealkylation sites (N-methyl/N-ethyl adjacent to an activating group) is 1. The van der Waals surface area contributed by atoms with Gasteiger partial charge in [0, 0.05) is 37.4 Å². The second-order valence-electron chi connectivity index (χ2n) is 11.2. The minimum atomic E-state index is -2.68. The van der Waals surface area contributed by atoms with Crippen LogP contribution in [0.4, 0.5) is 0 Å². The summed E-state index contributed by atoms with van der Waals surface area (Å²) < 4.78 is 0. The summed E-state index contributed by atoms with van der Waals surface area (Å²) in [4.78, 5) is 54.1. The maximum atomic E-state index is 13.9. The number of hydrogen-bond donors (Lipinski definition) is 5. The third kappa shape index (κ3) is 3.72. The number of aliphatic hydroxyl groups excluding tert-OH is 2. The number of phenols is 1. The fourth-order valence-electron chi connectivity index (χ4n) is 6.55. The molecule has 0 spiro atoms. The highest BCUT2D eigenvalue weighted by atomic mass is 16.3. The van der Waals surface area contributed by atoms with Crippen LogP contribution in [0.2, 0.25) is 0 Å². The van der Waals surface area contributed by atoms with Gasteiger partial charge in [-0.25, -0.2) is 0 Å². The predicted octanol–water partition coefficient (Wildman–Crippen LogP) is 1.25. The molecular formula is C29H31N3O8. The van der Waals surface area contributed by atoms with Gasteiger partial charge < -0.3 is 31.1 Å². The SMILES string of the molecule is CC(=O)N(C)Cc1ccc2cc3c(c(O)c2c1)C(=O)C1=C(O)[C@]2(O)C(=O)C(C(N)=O)=C(O)[C@@H](N(C)C)[C@@H]2C[C@@H]1C3. The van der Waals surface area contributed by atoms with E-state index in [-0.39, 0.29) is 42.2 Å². The minimum Gasteiger partial charge on any atom is -0.510 e. The van der Waals surface area contributed by atoms with Gasteiger partial charge in [-0.15, -0.1) is 0 Å². The molecule has 0 radical (unpaired) electrons. The molecule has 0 unspecified atom stereocenters. The quantitative estimate of drug-likeness (QED) is 0.351. The Balaban J connectivity index is 1.67. The van der Waals surface area contributed by atoms with E-state index in [1.165, 1.54) is 16.7 Å². The molecule has 6 N–H and O–H groups in total. The van der Waals surface area contributed by atoms with E-state index in [0.29, 0.717) is 16.3 Å². The van der Waals surface area contributed by atoms with Crippen LogP contribution in [0.25, 0.3) is 10.8 Å². The molecule has 3 aliphatic carbocycles. The second kappa shape index (κ2) is 9.17. The van der Waals surface area contributed by atoms with Gasteiger partial charge in [0.25, 0.3) is 5.91 Å². The Morgan fingerprint density at radius 3 is 2.38 bits per heavy atom. The number of fused-ring (bicyclic) bond motifs is 4. The van der Waals surface area contributed by atoms with Crippen LogP contribution >= 0.6 is 0 Å². The molecule has 2 aromatic carbocycles. The number of hydrogen-bond acceptors (Lipinski definition) is 9. The highest BCUT2D eigenvalue weighted by Gasteiger charge is 2.63. The van der Waals surface area contributed by atoms with Gasteiger partial charge in [-0.05, 0) is 55.4 Å². The zero-order valence-corrected chi connectivity index (χ0v) is 22.6. The number of benzene rings is 2. The lowest BCUT2D eigenvalue weighted by Crippen LogP contribution is -2.63. The number of nitrogens with two attached hydrogens (primary N) is 1. The average Bonchev–Trinajstić information content (AvgIpc) is 2.86. The number of nitrogens with zero attached hydrogens (tertiary/aromatic N) is 2. The lowest BCUT2D eigenvalue weighted by atomic mass is 9.58. The predicted molar refractivity (Wildman–Crippen MR) is 143 cm³/mol. The number of phenolic OH excluding ortho intramolecular Hbond substituents is 1. The summed E-state index contributed by atoms with van der Waals surface area (Å²) in [5.41, 5.74) is 2.85. The molecule has 5 rings (SSSR count). The molecule has 0 aromatic heterocycles. The second-order valence-corrected chi connectivity index (χ2v) is 11.2. The normalized spacial score (nSPS) is 26.1. The van der Waals surface area contributed by atoms with Crippen molar-refractivity contribution in [2.75, 3.05) is 21.1 Å². The van der Waals surface area contributed by atoms with E-state index < -0.39 is 58.0 Å². The smallest absolute Gasteiger partial charge is 0.255 e. The molecule has 3 aliphatic rings. The first-order chi connectivity index (χ1) is 18.7. The van der Waals surface area contributed by atoms with E-state index in [4.69, 9.17) is 5.73 Å². The van der Waals surface area contributed by atoms with Crippen molar-refractivity contribution in [3.05, 3.63) is 63.6 Å². The van der Waals surface area contributed by atoms with Gasteiger partial charge in [-0.1, -0.05) is 18.2 Å². The van der Waals surface area contributed by atoms with Crippen LogP contribution in [0.1, 0.15) is 34.8 Å². The Hall–Kier alpha value is -4.22. The molecule has 11 nitrogen and oxygen atoms in total. The zero-order valence-electron chi connectivity index (χ0n) is 22.6. The molecule has 4 atom stereocenters. The van der Waals surface area contributed by atoms with E-state index in [2.05, 4.69) is 0 Å². The number of aliphatic hydroxyl groups is 3. The number of amides is 2. The van der Waals surface area contributed by atoms with Crippen LogP contribution in [0, 0.1) is 11.8 Å². The lowest BCUT2D eigenvalue weighted by Gasteiger charge is -2.50. The average molecular weight is 550 g/mol. The van der Waals surface area contributed by atoms with Crippen LogP contribution in [-0.2, 0) is 27.3 Å². The number of primary amides is 1. The summed E-state index contributed by atoms with van der Waals surface area (Å²) in [5, 5.41) is 46.3. The Bertz CT molecular complexity index is 1590. The van der Waals surface area contributed by atoms with Gasteiger partial charge in [0.1, 0.15) is 22.8 Å². The number of carbonyl (C=O) groups excluding carboxylic acids is 4. The van der Waals surface area contributed by atoms with Crippen LogP contribution in [0.15, 0.2) is 46.9 Å². The Morgan fingerprint density at radius 2 is 1.77 bits per heavy atom. The number of Topliss-reactive ketones (excluding diaryl/α,β-unsaturated/α-hetero) is 2. The highest BCUT2D eigenvalue weighted by molar-refractivity contribution is 6.25. The first-order valence-corrected chi connectivity index (χ1v) is 12.8. The van der Waals surface area contributed by atoms with Crippen molar-refractivity contribution in [1.29, 1.82) is 0 Å². The van der Waals surface area contributed by atoms with E-state index in [1.54, 1.807) is 39.3 Å². The van der Waals surface area contributed by atoms with Gasteiger partial charge in [0.2, 0.25) is 11.7 Å². The summed E-state index contributed by atoms with van der Waals surface area (Å²) in [5.74, 6) is -6.94. The van der Waals surface area contributed by atoms with Crippen LogP contribution in [0.3, 0.4) is 0 Å². The Kier molecular flexibility index (Phi) is 6.27. The summed E-state index contributed by atoms with van der Waals surface area (Å²) in [7, 11) is 4.81. The number of carbonyl (C=O) groups is 4. The molecule has 0 heterocycles. The maximum Gasteiger partial charge on any atom is 0.255 e. The van der Waals surface area contributed by atoms with Crippen molar-refractivity contribution in [2.45, 2.75) is 38.0 Å². The molecule has 0 saturated carbocycles. The molecule has 0 aliphatic heterocycles. The summed E-state index contributed by atoms with van der Waals surface area (Å²) >= 11 is 0. The molecule has 11 heteroatoms. The van der Waals surface area contributed by atoms with E-state index in [9.17, 15) is 39.6 Å². The standard InChI is InChI=1S/C29H31N3O8/c1-12(33)32(4)11-13-5-6-14-8-15-9-16-10-18-22(31(2)3)25(36)21(28(30)39)27(38)29(18,40)26(37)20(16)24(35)19(15)23(34)17(14)7-13/h5-8,16,18,22,34,36-37,40H,9-11H2,1-4H3,(H2,30,39)/t16-,18-,22-,29-/m0/s1. The molecule has 2 amide bonds. The first kappa shape index (κ1) is 27.4. The number of ketones is 2. The van der Waals surface area contributed by atoms with Crippen LogP contribution in [-0.4, -0.2) is 86.4 Å². The van der Waals surface area contributed by atoms with Crippen LogP contribution < -0.4 is 5.73 Å². The number of aromatic hydroxyl groups is 1. The van der Waals surface area contributed by atoms with Crippen molar-refractivity contribution < 1.29 is 39.6 Å². The van der Waals surface area contributed by atoms with E-state index in [0.717, 1.165) is 5.56 Å². The van der Waals surface area contributed by atoms with Gasteiger partial charge in [0.15, 0.2) is 11.4 Å². The lowest BCUT2D eigenvalue weighted by molar-refractivity contribution is -0.148. The van der Waals surface area contributed by atoms with Crippen molar-refractivity contribution in [3.8, 4) is 5.75 Å². The molecule has 0 bridgehead atoms. The van der Waals surface area contributed by atoms with Crippen molar-refractivity contribution in [1.82, 2.24) is 9.80 Å². The molecular weight excluding hydrogens is 518 g/mol. The van der Waals surface area contributed by atoms with Crippen molar-refractivity contribution >= 4 is 34.2 Å². The molecule has 0 saturated heterocycles. The van der Waals surface area contributed by atoms with Crippen molar-refractivity contribution in [3.63, 3.8) is 0 Å². The summed E-state index contributed by atoms with van der Waals surface area (Å²) in [6.07, 6.45) is 0.244. The van der Waals surface area contributed by atoms with Crippen LogP contribution in [0.5, 0.6) is 5.75 Å². The Morgan fingerprint density at radius 1 is 1.10 bits per heavy atom. The molecule has 40 heavy (non-hydrogen) atoms. The van der Waals surface area contributed by atoms with Gasteiger partial charge >= 0.3 is 0 Å². The highest BCUT2D eigenvalue weighted by Crippen LogP contribution is 2.52. The first-order valence-electron chi connectivity index (χ1n) is 12.8. The maximum absolute atomic E-state index is 13.9. The number of allylic oxidation sites excluding steroid dienone is 1. The van der Waals surface area contributed by atoms with E-state index in [1.807, 2.05) is 6.07 Å². The third-order valence-electron chi connectivity index (χ3n) is 8.55. The minimum absolute atomic E-state index is 0.0287. The molecule has 2 aromatic rings. The fourth-order valence-corrected chi connectivity index (χ4v) is 6.55. The number of rotatable bonds is 4. The monoisotopic (exact) mass is 549 g/mol. The molecule has 210 valence electrons. The zero-order chi connectivity index (χ0) is 29.4. The van der Waals surface area contributed by atoms with Gasteiger partial charge in [-0.3, -0.25) is 24.1 Å². The topological polar surface area (TPSA) is 182 Å². The Labute approximate surface area is 229 Å². The van der Waals surface area contributed by atoms with Gasteiger partial charge in [-0.2, -0.15) is 0 Å². The van der Waals surface area contributed by atoms with E-state index >= 15 is 0 Å². The molecule has 0 fully saturated rings. The third-order valence-corrected chi connectivity index (χ3v) is 8.55. The summed E-state index contributed by atoms with van der Waals surface area (Å²) in [6, 6.07) is 6.05.